The molecule has 0 heterocycles. The van der Waals surface area contributed by atoms with Gasteiger partial charge in [0.1, 0.15) is 0 Å². The van der Waals surface area contributed by atoms with Crippen molar-refractivity contribution in [2.24, 2.45) is 11.3 Å². The van der Waals surface area contributed by atoms with Gasteiger partial charge in [-0.05, 0) is 36.7 Å². The van der Waals surface area contributed by atoms with E-state index in [4.69, 9.17) is 5.11 Å². The first-order valence-corrected chi connectivity index (χ1v) is 6.78. The van der Waals surface area contributed by atoms with E-state index < -0.39 is 5.97 Å². The van der Waals surface area contributed by atoms with Gasteiger partial charge in [0, 0.05) is 6.08 Å². The molecule has 2 heteroatoms. The van der Waals surface area contributed by atoms with Crippen molar-refractivity contribution in [2.75, 3.05) is 0 Å². The highest BCUT2D eigenvalue weighted by atomic mass is 16.4. The summed E-state index contributed by atoms with van der Waals surface area (Å²) in [6, 6.07) is 0. The van der Waals surface area contributed by atoms with Gasteiger partial charge in [-0.1, -0.05) is 52.7 Å². The highest BCUT2D eigenvalue weighted by Gasteiger charge is 2.10. The average molecular weight is 252 g/mol. The lowest BCUT2D eigenvalue weighted by Crippen LogP contribution is -2.05. The van der Waals surface area contributed by atoms with Gasteiger partial charge in [-0.2, -0.15) is 0 Å². The smallest absolute Gasteiger partial charge is 0.328 e. The van der Waals surface area contributed by atoms with Gasteiger partial charge in [-0.3, -0.25) is 0 Å². The maximum atomic E-state index is 10.4. The van der Waals surface area contributed by atoms with E-state index in [0.717, 1.165) is 12.0 Å². The molecule has 2 nitrogen and oxygen atoms in total. The molecule has 0 aromatic heterocycles. The molecule has 1 unspecified atom stereocenters. The highest BCUT2D eigenvalue weighted by Crippen LogP contribution is 2.24. The molecule has 0 aromatic rings. The third-order valence-corrected chi connectivity index (χ3v) is 2.89. The Morgan fingerprint density at radius 2 is 1.94 bits per heavy atom. The lowest BCUT2D eigenvalue weighted by Gasteiger charge is -2.18. The Morgan fingerprint density at radius 1 is 1.33 bits per heavy atom. The Bertz CT molecular complexity index is 306. The summed E-state index contributed by atoms with van der Waals surface area (Å²) >= 11 is 0. The molecule has 0 spiro atoms. The van der Waals surface area contributed by atoms with Crippen LogP contribution in [0.25, 0.3) is 0 Å². The number of hydrogen-bond acceptors (Lipinski definition) is 1. The number of aliphatic carboxylic acids is 1. The second-order valence-electron chi connectivity index (χ2n) is 6.42. The van der Waals surface area contributed by atoms with Crippen molar-refractivity contribution >= 4 is 5.97 Å². The van der Waals surface area contributed by atoms with Crippen LogP contribution in [0.3, 0.4) is 0 Å². The normalized spacial score (nSPS) is 15.1. The number of carboxylic acid groups (broad SMARTS) is 1. The molecular weight excluding hydrogens is 224 g/mol. The van der Waals surface area contributed by atoms with E-state index in [1.54, 1.807) is 0 Å². The summed E-state index contributed by atoms with van der Waals surface area (Å²) in [4.78, 5) is 10.4. The first-order valence-electron chi connectivity index (χ1n) is 6.78. The number of carbonyl (C=O) groups is 1. The summed E-state index contributed by atoms with van der Waals surface area (Å²) in [5.74, 6) is -0.211. The molecule has 0 aliphatic carbocycles. The van der Waals surface area contributed by atoms with Gasteiger partial charge in [-0.25, -0.2) is 4.79 Å². The van der Waals surface area contributed by atoms with Crippen LogP contribution in [0.4, 0.5) is 0 Å². The SMILES string of the molecule is CC(C=CCC(C)CCCC(C)(C)C)=CC(=O)O. The van der Waals surface area contributed by atoms with Crippen LogP contribution in [0.5, 0.6) is 0 Å². The minimum absolute atomic E-state index is 0.427. The maximum Gasteiger partial charge on any atom is 0.328 e. The topological polar surface area (TPSA) is 37.3 Å². The summed E-state index contributed by atoms with van der Waals surface area (Å²) in [7, 11) is 0. The third kappa shape index (κ3) is 11.4. The predicted octanol–water partition coefficient (Wildman–Crippen LogP) is 4.82. The van der Waals surface area contributed by atoms with E-state index in [-0.39, 0.29) is 0 Å². The fourth-order valence-electron chi connectivity index (χ4n) is 1.83. The minimum atomic E-state index is -0.879. The lowest BCUT2D eigenvalue weighted by molar-refractivity contribution is -0.131. The zero-order valence-corrected chi connectivity index (χ0v) is 12.5. The van der Waals surface area contributed by atoms with E-state index in [1.165, 1.54) is 25.3 Å². The second kappa shape index (κ2) is 8.12. The highest BCUT2D eigenvalue weighted by molar-refractivity contribution is 5.81. The molecular formula is C16H28O2. The van der Waals surface area contributed by atoms with Crippen molar-refractivity contribution in [3.8, 4) is 0 Å². The molecule has 0 rings (SSSR count). The van der Waals surface area contributed by atoms with Crippen LogP contribution in [0.2, 0.25) is 0 Å². The molecule has 0 saturated carbocycles. The zero-order valence-electron chi connectivity index (χ0n) is 12.5. The molecule has 0 aromatic carbocycles. The minimum Gasteiger partial charge on any atom is -0.478 e. The van der Waals surface area contributed by atoms with Gasteiger partial charge in [0.2, 0.25) is 0 Å². The zero-order chi connectivity index (χ0) is 14.2. The fraction of sp³-hybridized carbons (Fsp3) is 0.688. The molecule has 0 fully saturated rings. The molecule has 0 bridgehead atoms. The molecule has 0 amide bonds. The van der Waals surface area contributed by atoms with E-state index in [0.29, 0.717) is 11.3 Å². The fourth-order valence-corrected chi connectivity index (χ4v) is 1.83. The Hall–Kier alpha value is -1.05. The van der Waals surface area contributed by atoms with Gasteiger partial charge in [0.25, 0.3) is 0 Å². The van der Waals surface area contributed by atoms with Crippen LogP contribution in [0, 0.1) is 11.3 Å². The van der Waals surface area contributed by atoms with Crippen molar-refractivity contribution in [1.82, 2.24) is 0 Å². The van der Waals surface area contributed by atoms with Crippen LogP contribution in [0.15, 0.2) is 23.8 Å². The first kappa shape index (κ1) is 16.9. The Morgan fingerprint density at radius 3 is 2.44 bits per heavy atom. The van der Waals surface area contributed by atoms with Crippen LogP contribution < -0.4 is 0 Å². The molecule has 1 N–H and O–H groups in total. The van der Waals surface area contributed by atoms with Gasteiger partial charge in [0.15, 0.2) is 0 Å². The molecule has 18 heavy (non-hydrogen) atoms. The third-order valence-electron chi connectivity index (χ3n) is 2.89. The first-order chi connectivity index (χ1) is 8.20. The summed E-state index contributed by atoms with van der Waals surface area (Å²) < 4.78 is 0. The molecule has 104 valence electrons. The van der Waals surface area contributed by atoms with Gasteiger partial charge in [0.05, 0.1) is 0 Å². The second-order valence-corrected chi connectivity index (χ2v) is 6.42. The van der Waals surface area contributed by atoms with Crippen LogP contribution in [-0.4, -0.2) is 11.1 Å². The number of carboxylic acids is 1. The average Bonchev–Trinajstić information content (AvgIpc) is 2.13. The molecule has 0 aliphatic heterocycles. The van der Waals surface area contributed by atoms with Crippen LogP contribution in [0.1, 0.15) is 60.3 Å². The quantitative estimate of drug-likeness (QED) is 0.521. The van der Waals surface area contributed by atoms with Crippen molar-refractivity contribution in [2.45, 2.75) is 60.3 Å². The Labute approximate surface area is 112 Å². The molecule has 0 radical (unpaired) electrons. The molecule has 0 aliphatic rings. The lowest BCUT2D eigenvalue weighted by atomic mass is 9.87. The summed E-state index contributed by atoms with van der Waals surface area (Å²) in [5.41, 5.74) is 1.22. The largest absolute Gasteiger partial charge is 0.478 e. The monoisotopic (exact) mass is 252 g/mol. The van der Waals surface area contributed by atoms with Gasteiger partial charge < -0.3 is 5.11 Å². The molecule has 0 saturated heterocycles. The number of rotatable bonds is 7. The van der Waals surface area contributed by atoms with Crippen molar-refractivity contribution in [3.05, 3.63) is 23.8 Å². The summed E-state index contributed by atoms with van der Waals surface area (Å²) in [5, 5.41) is 8.57. The number of allylic oxidation sites excluding steroid dienone is 3. The van der Waals surface area contributed by atoms with Crippen LogP contribution in [-0.2, 0) is 4.79 Å². The van der Waals surface area contributed by atoms with E-state index in [9.17, 15) is 4.79 Å². The predicted molar refractivity (Wildman–Crippen MR) is 77.6 cm³/mol. The molecule has 1 atom stereocenters. The van der Waals surface area contributed by atoms with Crippen molar-refractivity contribution in [1.29, 1.82) is 0 Å². The van der Waals surface area contributed by atoms with E-state index in [2.05, 4.69) is 33.8 Å². The standard InChI is InChI=1S/C16H28O2/c1-13(10-7-11-16(3,4)5)8-6-9-14(2)12-15(17)18/h6,9,12-13H,7-8,10-11H2,1-5H3,(H,17,18). The van der Waals surface area contributed by atoms with Crippen molar-refractivity contribution < 1.29 is 9.90 Å². The van der Waals surface area contributed by atoms with Crippen LogP contribution >= 0.6 is 0 Å². The van der Waals surface area contributed by atoms with Gasteiger partial charge in [-0.15, -0.1) is 0 Å². The van der Waals surface area contributed by atoms with Gasteiger partial charge >= 0.3 is 5.97 Å². The Kier molecular flexibility index (Phi) is 7.65. The summed E-state index contributed by atoms with van der Waals surface area (Å²) in [6.45, 7) is 10.9. The van der Waals surface area contributed by atoms with Crippen molar-refractivity contribution in [3.63, 3.8) is 0 Å². The number of hydrogen-bond donors (Lipinski definition) is 1. The van der Waals surface area contributed by atoms with E-state index >= 15 is 0 Å². The van der Waals surface area contributed by atoms with E-state index in [1.807, 2.05) is 13.0 Å². The summed E-state index contributed by atoms with van der Waals surface area (Å²) in [6.07, 6.45) is 10.0. The maximum absolute atomic E-state index is 10.4. The Balaban J connectivity index is 3.87.